The van der Waals surface area contributed by atoms with Gasteiger partial charge in [0.25, 0.3) is 0 Å². The largest absolute Gasteiger partial charge is 0.478 e. The summed E-state index contributed by atoms with van der Waals surface area (Å²) < 4.78 is 0. The Morgan fingerprint density at radius 2 is 2.12 bits per heavy atom. The highest BCUT2D eigenvalue weighted by Gasteiger charge is 2.13. The van der Waals surface area contributed by atoms with Gasteiger partial charge in [-0.3, -0.25) is 4.79 Å². The summed E-state index contributed by atoms with van der Waals surface area (Å²) in [5.74, 6) is -1.28. The number of anilines is 1. The third-order valence-electron chi connectivity index (χ3n) is 2.53. The van der Waals surface area contributed by atoms with E-state index in [-0.39, 0.29) is 22.4 Å². The zero-order valence-electron chi connectivity index (χ0n) is 9.66. The molecule has 4 nitrogen and oxygen atoms in total. The Balaban J connectivity index is 2.86. The number of carbonyl (C=O) groups excluding carboxylic acids is 1. The van der Waals surface area contributed by atoms with Crippen molar-refractivity contribution in [3.05, 3.63) is 28.8 Å². The van der Waals surface area contributed by atoms with Crippen LogP contribution >= 0.6 is 11.6 Å². The number of carbonyl (C=O) groups is 2. The molecule has 1 atom stereocenters. The maximum Gasteiger partial charge on any atom is 0.335 e. The first kappa shape index (κ1) is 13.5. The van der Waals surface area contributed by atoms with E-state index in [2.05, 4.69) is 5.32 Å². The lowest BCUT2D eigenvalue weighted by Gasteiger charge is -2.11. The molecule has 1 rings (SSSR count). The minimum atomic E-state index is -1.05. The van der Waals surface area contributed by atoms with Crippen LogP contribution < -0.4 is 5.32 Å². The molecule has 17 heavy (non-hydrogen) atoms. The fourth-order valence-electron chi connectivity index (χ4n) is 1.19. The molecule has 0 spiro atoms. The van der Waals surface area contributed by atoms with E-state index in [0.717, 1.165) is 6.42 Å². The smallest absolute Gasteiger partial charge is 0.335 e. The summed E-state index contributed by atoms with van der Waals surface area (Å²) in [4.78, 5) is 22.3. The molecule has 1 aromatic carbocycles. The van der Waals surface area contributed by atoms with E-state index in [4.69, 9.17) is 16.7 Å². The van der Waals surface area contributed by atoms with Gasteiger partial charge < -0.3 is 10.4 Å². The van der Waals surface area contributed by atoms with Crippen molar-refractivity contribution in [3.63, 3.8) is 0 Å². The number of hydrogen-bond donors (Lipinski definition) is 2. The van der Waals surface area contributed by atoms with Crippen molar-refractivity contribution in [1.29, 1.82) is 0 Å². The highest BCUT2D eigenvalue weighted by Crippen LogP contribution is 2.23. The minimum Gasteiger partial charge on any atom is -0.478 e. The SMILES string of the molecule is CCC(C)C(=O)Nc1ccc(C(=O)O)cc1Cl. The topological polar surface area (TPSA) is 66.4 Å². The summed E-state index contributed by atoms with van der Waals surface area (Å²) >= 11 is 5.89. The van der Waals surface area contributed by atoms with Crippen LogP contribution in [0.1, 0.15) is 30.6 Å². The van der Waals surface area contributed by atoms with Crippen LogP contribution in [0.4, 0.5) is 5.69 Å². The Morgan fingerprint density at radius 1 is 1.47 bits per heavy atom. The summed E-state index contributed by atoms with van der Waals surface area (Å²) in [6.45, 7) is 3.73. The van der Waals surface area contributed by atoms with Crippen molar-refractivity contribution in [2.75, 3.05) is 5.32 Å². The maximum absolute atomic E-state index is 11.6. The summed E-state index contributed by atoms with van der Waals surface area (Å²) in [7, 11) is 0. The Bertz CT molecular complexity index is 445. The minimum absolute atomic E-state index is 0.0940. The molecule has 1 unspecified atom stereocenters. The number of rotatable bonds is 4. The predicted octanol–water partition coefficient (Wildman–Crippen LogP) is 3.02. The van der Waals surface area contributed by atoms with Gasteiger partial charge in [0, 0.05) is 5.92 Å². The van der Waals surface area contributed by atoms with E-state index in [1.807, 2.05) is 13.8 Å². The lowest BCUT2D eigenvalue weighted by molar-refractivity contribution is -0.119. The average molecular weight is 256 g/mol. The van der Waals surface area contributed by atoms with Gasteiger partial charge in [0.15, 0.2) is 0 Å². The van der Waals surface area contributed by atoms with Crippen molar-refractivity contribution >= 4 is 29.2 Å². The molecule has 0 saturated carbocycles. The fourth-order valence-corrected chi connectivity index (χ4v) is 1.42. The average Bonchev–Trinajstić information content (AvgIpc) is 2.30. The van der Waals surface area contributed by atoms with E-state index in [1.165, 1.54) is 18.2 Å². The molecule has 5 heteroatoms. The molecule has 0 radical (unpaired) electrons. The van der Waals surface area contributed by atoms with Crippen LogP contribution in [0.3, 0.4) is 0 Å². The van der Waals surface area contributed by atoms with Crippen LogP contribution in [-0.2, 0) is 4.79 Å². The van der Waals surface area contributed by atoms with Crippen LogP contribution in [-0.4, -0.2) is 17.0 Å². The molecule has 0 fully saturated rings. The first-order chi connectivity index (χ1) is 7.95. The molecule has 0 saturated heterocycles. The summed E-state index contributed by atoms with van der Waals surface area (Å²) in [5.41, 5.74) is 0.526. The van der Waals surface area contributed by atoms with Crippen LogP contribution in [0.2, 0.25) is 5.02 Å². The normalized spacial score (nSPS) is 11.9. The van der Waals surface area contributed by atoms with Gasteiger partial charge in [0.1, 0.15) is 0 Å². The number of carboxylic acid groups (broad SMARTS) is 1. The standard InChI is InChI=1S/C12H14ClNO3/c1-3-7(2)11(15)14-10-5-4-8(12(16)17)6-9(10)13/h4-7H,3H2,1-2H3,(H,14,15)(H,16,17). The molecule has 0 bridgehead atoms. The monoisotopic (exact) mass is 255 g/mol. The molecule has 1 amide bonds. The van der Waals surface area contributed by atoms with Crippen LogP contribution in [0.15, 0.2) is 18.2 Å². The highest BCUT2D eigenvalue weighted by molar-refractivity contribution is 6.34. The lowest BCUT2D eigenvalue weighted by atomic mass is 10.1. The van der Waals surface area contributed by atoms with Crippen molar-refractivity contribution < 1.29 is 14.7 Å². The molecule has 92 valence electrons. The fraction of sp³-hybridized carbons (Fsp3) is 0.333. The second-order valence-electron chi connectivity index (χ2n) is 3.80. The maximum atomic E-state index is 11.6. The molecule has 0 aromatic heterocycles. The number of aromatic carboxylic acids is 1. The van der Waals surface area contributed by atoms with E-state index in [0.29, 0.717) is 5.69 Å². The Labute approximate surface area is 105 Å². The second-order valence-corrected chi connectivity index (χ2v) is 4.21. The predicted molar refractivity (Wildman–Crippen MR) is 66.5 cm³/mol. The highest BCUT2D eigenvalue weighted by atomic mass is 35.5. The van der Waals surface area contributed by atoms with Gasteiger partial charge in [-0.05, 0) is 24.6 Å². The van der Waals surface area contributed by atoms with Gasteiger partial charge >= 0.3 is 5.97 Å². The van der Waals surface area contributed by atoms with Crippen molar-refractivity contribution in [1.82, 2.24) is 0 Å². The number of benzene rings is 1. The molecule has 1 aromatic rings. The number of amides is 1. The molecular formula is C12H14ClNO3. The van der Waals surface area contributed by atoms with Crippen LogP contribution in [0.5, 0.6) is 0 Å². The van der Waals surface area contributed by atoms with E-state index < -0.39 is 5.97 Å². The van der Waals surface area contributed by atoms with Crippen molar-refractivity contribution in [2.24, 2.45) is 5.92 Å². The zero-order valence-corrected chi connectivity index (χ0v) is 10.4. The van der Waals surface area contributed by atoms with Gasteiger partial charge in [-0.1, -0.05) is 25.4 Å². The number of hydrogen-bond acceptors (Lipinski definition) is 2. The third kappa shape index (κ3) is 3.46. The Hall–Kier alpha value is -1.55. The molecule has 0 aliphatic rings. The molecular weight excluding hydrogens is 242 g/mol. The van der Waals surface area contributed by atoms with Gasteiger partial charge in [-0.2, -0.15) is 0 Å². The van der Waals surface area contributed by atoms with Crippen molar-refractivity contribution in [3.8, 4) is 0 Å². The van der Waals surface area contributed by atoms with Gasteiger partial charge in [-0.25, -0.2) is 4.79 Å². The van der Waals surface area contributed by atoms with Gasteiger partial charge in [0.2, 0.25) is 5.91 Å². The number of nitrogens with one attached hydrogen (secondary N) is 1. The molecule has 2 N–H and O–H groups in total. The molecule has 0 heterocycles. The quantitative estimate of drug-likeness (QED) is 0.869. The lowest BCUT2D eigenvalue weighted by Crippen LogP contribution is -2.19. The molecule has 0 aliphatic carbocycles. The Kier molecular flexibility index (Phi) is 4.52. The first-order valence-corrected chi connectivity index (χ1v) is 5.67. The third-order valence-corrected chi connectivity index (χ3v) is 2.85. The number of carboxylic acids is 1. The van der Waals surface area contributed by atoms with E-state index in [1.54, 1.807) is 0 Å². The van der Waals surface area contributed by atoms with Gasteiger partial charge in [0.05, 0.1) is 16.3 Å². The van der Waals surface area contributed by atoms with E-state index in [9.17, 15) is 9.59 Å². The van der Waals surface area contributed by atoms with E-state index >= 15 is 0 Å². The summed E-state index contributed by atoms with van der Waals surface area (Å²) in [5, 5.41) is 11.6. The summed E-state index contributed by atoms with van der Waals surface area (Å²) in [6.07, 6.45) is 0.733. The van der Waals surface area contributed by atoms with Crippen LogP contribution in [0.25, 0.3) is 0 Å². The summed E-state index contributed by atoms with van der Waals surface area (Å²) in [6, 6.07) is 4.21. The van der Waals surface area contributed by atoms with Crippen molar-refractivity contribution in [2.45, 2.75) is 20.3 Å². The Morgan fingerprint density at radius 3 is 2.59 bits per heavy atom. The zero-order chi connectivity index (χ0) is 13.0. The number of halogens is 1. The second kappa shape index (κ2) is 5.68. The molecule has 0 aliphatic heterocycles. The van der Waals surface area contributed by atoms with Gasteiger partial charge in [-0.15, -0.1) is 0 Å². The first-order valence-electron chi connectivity index (χ1n) is 5.29. The van der Waals surface area contributed by atoms with Crippen LogP contribution in [0, 0.1) is 5.92 Å².